The van der Waals surface area contributed by atoms with E-state index in [2.05, 4.69) is 40.0 Å². The number of methoxy groups -OCH3 is 1. The topological polar surface area (TPSA) is 52.0 Å². The Kier molecular flexibility index (Phi) is 5.90. The Labute approximate surface area is 126 Å². The van der Waals surface area contributed by atoms with Gasteiger partial charge in [-0.1, -0.05) is 6.07 Å². The van der Waals surface area contributed by atoms with Gasteiger partial charge in [0, 0.05) is 50.4 Å². The van der Waals surface area contributed by atoms with Crippen LogP contribution in [0.15, 0.2) is 24.5 Å². The van der Waals surface area contributed by atoms with Crippen molar-refractivity contribution < 1.29 is 4.74 Å². The second-order valence-electron chi connectivity index (χ2n) is 5.15. The van der Waals surface area contributed by atoms with Crippen molar-refractivity contribution in [1.82, 2.24) is 20.1 Å². The lowest BCUT2D eigenvalue weighted by molar-refractivity contribution is 0.199. The number of hydrogen-bond acceptors (Lipinski definition) is 4. The molecule has 0 atom stereocenters. The summed E-state index contributed by atoms with van der Waals surface area (Å²) in [5.41, 5.74) is 4.87. The van der Waals surface area contributed by atoms with E-state index >= 15 is 0 Å². The lowest BCUT2D eigenvalue weighted by atomic mass is 10.2. The summed E-state index contributed by atoms with van der Waals surface area (Å²) in [6, 6.07) is 4.08. The number of ether oxygens (including phenoxy) is 1. The lowest BCUT2D eigenvalue weighted by Gasteiger charge is -2.07. The normalized spacial score (nSPS) is 11.0. The van der Waals surface area contributed by atoms with Gasteiger partial charge in [-0.3, -0.25) is 9.67 Å². The van der Waals surface area contributed by atoms with Gasteiger partial charge < -0.3 is 10.1 Å². The van der Waals surface area contributed by atoms with Crippen molar-refractivity contribution in [3.63, 3.8) is 0 Å². The summed E-state index contributed by atoms with van der Waals surface area (Å²) < 4.78 is 7.14. The summed E-state index contributed by atoms with van der Waals surface area (Å²) in [4.78, 5) is 4.15. The molecule has 0 saturated carbocycles. The van der Waals surface area contributed by atoms with E-state index in [-0.39, 0.29) is 0 Å². The number of pyridine rings is 1. The molecule has 5 heteroatoms. The fourth-order valence-corrected chi connectivity index (χ4v) is 2.38. The van der Waals surface area contributed by atoms with Crippen LogP contribution in [0.25, 0.3) is 0 Å². The van der Waals surface area contributed by atoms with Gasteiger partial charge in [-0.15, -0.1) is 0 Å². The first kappa shape index (κ1) is 15.7. The maximum absolute atomic E-state index is 5.04. The first-order valence-corrected chi connectivity index (χ1v) is 7.33. The lowest BCUT2D eigenvalue weighted by Crippen LogP contribution is -2.19. The molecule has 2 heterocycles. The number of nitrogens with zero attached hydrogens (tertiary/aromatic N) is 3. The second-order valence-corrected chi connectivity index (χ2v) is 5.15. The van der Waals surface area contributed by atoms with Crippen molar-refractivity contribution in [2.75, 3.05) is 20.3 Å². The first-order chi connectivity index (χ1) is 10.2. The zero-order chi connectivity index (χ0) is 15.1. The van der Waals surface area contributed by atoms with Crippen LogP contribution in [0.5, 0.6) is 0 Å². The average Bonchev–Trinajstić information content (AvgIpc) is 2.77. The van der Waals surface area contributed by atoms with Crippen LogP contribution in [0.3, 0.4) is 0 Å². The molecule has 5 nitrogen and oxygen atoms in total. The van der Waals surface area contributed by atoms with E-state index in [0.717, 1.165) is 38.4 Å². The van der Waals surface area contributed by atoms with E-state index in [0.29, 0.717) is 0 Å². The van der Waals surface area contributed by atoms with Gasteiger partial charge in [-0.2, -0.15) is 5.10 Å². The monoisotopic (exact) mass is 288 g/mol. The van der Waals surface area contributed by atoms with E-state index < -0.39 is 0 Å². The van der Waals surface area contributed by atoms with Crippen LogP contribution in [0, 0.1) is 13.8 Å². The Morgan fingerprint density at radius 2 is 2.19 bits per heavy atom. The van der Waals surface area contributed by atoms with E-state index in [1.807, 2.05) is 12.3 Å². The molecular formula is C16H24N4O. The summed E-state index contributed by atoms with van der Waals surface area (Å²) in [6.07, 6.45) is 4.67. The van der Waals surface area contributed by atoms with E-state index in [9.17, 15) is 0 Å². The van der Waals surface area contributed by atoms with Crippen molar-refractivity contribution in [3.8, 4) is 0 Å². The third-order valence-corrected chi connectivity index (χ3v) is 3.65. The van der Waals surface area contributed by atoms with Crippen LogP contribution in [0.4, 0.5) is 0 Å². The number of aryl methyl sites for hydroxylation is 3. The predicted molar refractivity (Wildman–Crippen MR) is 83.2 cm³/mol. The molecule has 2 aromatic heterocycles. The van der Waals surface area contributed by atoms with E-state index in [1.54, 1.807) is 13.3 Å². The van der Waals surface area contributed by atoms with Gasteiger partial charge in [0.05, 0.1) is 12.3 Å². The number of nitrogens with one attached hydrogen (secondary N) is 1. The van der Waals surface area contributed by atoms with Crippen molar-refractivity contribution >= 4 is 0 Å². The van der Waals surface area contributed by atoms with Crippen LogP contribution in [-0.4, -0.2) is 35.0 Å². The van der Waals surface area contributed by atoms with Crippen molar-refractivity contribution in [2.24, 2.45) is 0 Å². The molecule has 2 aromatic rings. The molecule has 21 heavy (non-hydrogen) atoms. The number of rotatable bonds is 8. The van der Waals surface area contributed by atoms with Gasteiger partial charge in [-0.25, -0.2) is 0 Å². The maximum atomic E-state index is 5.04. The molecule has 0 spiro atoms. The minimum Gasteiger partial charge on any atom is -0.383 e. The van der Waals surface area contributed by atoms with Gasteiger partial charge in [-0.05, 0) is 31.9 Å². The van der Waals surface area contributed by atoms with Crippen LogP contribution >= 0.6 is 0 Å². The Morgan fingerprint density at radius 1 is 1.33 bits per heavy atom. The van der Waals surface area contributed by atoms with Crippen LogP contribution in [0.2, 0.25) is 0 Å². The highest BCUT2D eigenvalue weighted by molar-refractivity contribution is 5.24. The predicted octanol–water partition coefficient (Wildman–Crippen LogP) is 1.87. The molecule has 0 unspecified atom stereocenters. The zero-order valence-electron chi connectivity index (χ0n) is 13.1. The van der Waals surface area contributed by atoms with E-state index in [1.165, 1.54) is 16.8 Å². The molecule has 0 fully saturated rings. The smallest absolute Gasteiger partial charge is 0.0641 e. The highest BCUT2D eigenvalue weighted by atomic mass is 16.5. The Bertz CT molecular complexity index is 551. The fraction of sp³-hybridized carbons (Fsp3) is 0.500. The Hall–Kier alpha value is -1.72. The van der Waals surface area contributed by atoms with Crippen LogP contribution in [0.1, 0.15) is 22.5 Å². The zero-order valence-corrected chi connectivity index (χ0v) is 13.1. The summed E-state index contributed by atoms with van der Waals surface area (Å²) in [7, 11) is 1.72. The summed E-state index contributed by atoms with van der Waals surface area (Å²) >= 11 is 0. The number of aromatic nitrogens is 3. The SMILES string of the molecule is COCCNCc1c(C)nn(CCc2cccnc2)c1C. The third-order valence-electron chi connectivity index (χ3n) is 3.65. The highest BCUT2D eigenvalue weighted by Crippen LogP contribution is 2.13. The maximum Gasteiger partial charge on any atom is 0.0641 e. The van der Waals surface area contributed by atoms with Gasteiger partial charge in [0.25, 0.3) is 0 Å². The minimum atomic E-state index is 0.729. The van der Waals surface area contributed by atoms with Gasteiger partial charge >= 0.3 is 0 Å². The van der Waals surface area contributed by atoms with Crippen molar-refractivity contribution in [3.05, 3.63) is 47.0 Å². The Balaban J connectivity index is 1.94. The highest BCUT2D eigenvalue weighted by Gasteiger charge is 2.10. The largest absolute Gasteiger partial charge is 0.383 e. The molecule has 0 radical (unpaired) electrons. The van der Waals surface area contributed by atoms with Crippen molar-refractivity contribution in [2.45, 2.75) is 33.4 Å². The molecule has 0 aliphatic carbocycles. The van der Waals surface area contributed by atoms with Crippen LogP contribution in [-0.2, 0) is 24.2 Å². The molecule has 0 amide bonds. The molecule has 0 aliphatic heterocycles. The first-order valence-electron chi connectivity index (χ1n) is 7.33. The third kappa shape index (κ3) is 4.37. The molecular weight excluding hydrogens is 264 g/mol. The van der Waals surface area contributed by atoms with Crippen molar-refractivity contribution in [1.29, 1.82) is 0 Å². The quantitative estimate of drug-likeness (QED) is 0.754. The van der Waals surface area contributed by atoms with Gasteiger partial charge in [0.15, 0.2) is 0 Å². The molecule has 1 N–H and O–H groups in total. The standard InChI is InChI=1S/C16H24N4O/c1-13-16(12-18-8-10-21-3)14(2)20(19-13)9-6-15-5-4-7-17-11-15/h4-5,7,11,18H,6,8-10,12H2,1-3H3. The summed E-state index contributed by atoms with van der Waals surface area (Å²) in [5, 5.41) is 8.03. The van der Waals surface area contributed by atoms with Crippen LogP contribution < -0.4 is 5.32 Å². The molecule has 2 rings (SSSR count). The van der Waals surface area contributed by atoms with Gasteiger partial charge in [0.1, 0.15) is 0 Å². The number of hydrogen-bond donors (Lipinski definition) is 1. The molecule has 0 aliphatic rings. The molecule has 0 bridgehead atoms. The molecule has 0 saturated heterocycles. The Morgan fingerprint density at radius 3 is 2.90 bits per heavy atom. The molecule has 114 valence electrons. The minimum absolute atomic E-state index is 0.729. The summed E-state index contributed by atoms with van der Waals surface area (Å²) in [5.74, 6) is 0. The average molecular weight is 288 g/mol. The summed E-state index contributed by atoms with van der Waals surface area (Å²) in [6.45, 7) is 7.52. The van der Waals surface area contributed by atoms with Gasteiger partial charge in [0.2, 0.25) is 0 Å². The second kappa shape index (κ2) is 7.90. The van der Waals surface area contributed by atoms with E-state index in [4.69, 9.17) is 4.74 Å². The fourth-order valence-electron chi connectivity index (χ4n) is 2.38. The molecule has 0 aromatic carbocycles.